The second-order valence-electron chi connectivity index (χ2n) is 4.62. The molecule has 1 atom stereocenters. The van der Waals surface area contributed by atoms with E-state index < -0.39 is 0 Å². The Hall–Kier alpha value is -1.35. The van der Waals surface area contributed by atoms with Gasteiger partial charge in [-0.05, 0) is 25.0 Å². The second kappa shape index (κ2) is 10.4. The van der Waals surface area contributed by atoms with Crippen molar-refractivity contribution in [3.05, 3.63) is 30.1 Å². The van der Waals surface area contributed by atoms with Gasteiger partial charge in [0.1, 0.15) is 6.04 Å². The minimum absolute atomic E-state index is 0. The summed E-state index contributed by atoms with van der Waals surface area (Å²) in [5, 5.41) is 12.0. The molecule has 2 heterocycles. The summed E-state index contributed by atoms with van der Waals surface area (Å²) in [6.45, 7) is 1.72. The van der Waals surface area contributed by atoms with Crippen LogP contribution < -0.4 is 5.32 Å². The van der Waals surface area contributed by atoms with Gasteiger partial charge >= 0.3 is 0 Å². The van der Waals surface area contributed by atoms with E-state index >= 15 is 0 Å². The minimum atomic E-state index is -0.231. The first kappa shape index (κ1) is 19.7. The van der Waals surface area contributed by atoms with Crippen molar-refractivity contribution in [3.63, 3.8) is 0 Å². The molecule has 21 heavy (non-hydrogen) atoms. The third-order valence-electron chi connectivity index (χ3n) is 3.28. The number of hydrogen-bond acceptors (Lipinski definition) is 4. The summed E-state index contributed by atoms with van der Waals surface area (Å²) in [5.74, 6) is 0.0186. The highest BCUT2D eigenvalue weighted by molar-refractivity contribution is 5.85. The molecule has 2 rings (SSSR count). The fourth-order valence-corrected chi connectivity index (χ4v) is 2.26. The molecule has 0 saturated carbocycles. The van der Waals surface area contributed by atoms with E-state index in [1.165, 1.54) is 0 Å². The van der Waals surface area contributed by atoms with Crippen LogP contribution in [0, 0.1) is 11.3 Å². The normalized spacial score (nSPS) is 16.5. The maximum atomic E-state index is 11.9. The van der Waals surface area contributed by atoms with Crippen molar-refractivity contribution < 1.29 is 4.79 Å². The van der Waals surface area contributed by atoms with Gasteiger partial charge in [0.25, 0.3) is 0 Å². The van der Waals surface area contributed by atoms with Gasteiger partial charge in [-0.25, -0.2) is 0 Å². The molecular weight excluding hydrogens is 311 g/mol. The van der Waals surface area contributed by atoms with Crippen LogP contribution in [0.4, 0.5) is 0 Å². The Bertz CT molecular complexity index is 464. The van der Waals surface area contributed by atoms with Crippen molar-refractivity contribution in [2.75, 3.05) is 19.6 Å². The zero-order valence-electron chi connectivity index (χ0n) is 11.7. The monoisotopic (exact) mass is 330 g/mol. The molecule has 1 N–H and O–H groups in total. The number of carbonyl (C=O) groups excluding carboxylic acids is 1. The molecule has 5 nitrogen and oxygen atoms in total. The molecule has 116 valence electrons. The topological polar surface area (TPSA) is 69.0 Å². The second-order valence-corrected chi connectivity index (χ2v) is 4.62. The van der Waals surface area contributed by atoms with Crippen molar-refractivity contribution in [1.29, 1.82) is 5.26 Å². The van der Waals surface area contributed by atoms with Crippen LogP contribution in [0.1, 0.15) is 18.5 Å². The lowest BCUT2D eigenvalue weighted by atomic mass is 10.2. The van der Waals surface area contributed by atoms with E-state index in [-0.39, 0.29) is 36.8 Å². The molecule has 0 bridgehead atoms. The van der Waals surface area contributed by atoms with E-state index in [1.54, 1.807) is 11.1 Å². The van der Waals surface area contributed by atoms with Crippen LogP contribution in [0.3, 0.4) is 0 Å². The van der Waals surface area contributed by atoms with E-state index in [9.17, 15) is 4.79 Å². The lowest BCUT2D eigenvalue weighted by Crippen LogP contribution is -2.41. The summed E-state index contributed by atoms with van der Waals surface area (Å²) in [6, 6.07) is 7.75. The summed E-state index contributed by atoms with van der Waals surface area (Å²) in [7, 11) is 0. The van der Waals surface area contributed by atoms with E-state index in [1.807, 2.05) is 18.2 Å². The van der Waals surface area contributed by atoms with Gasteiger partial charge in [0, 0.05) is 31.4 Å². The van der Waals surface area contributed by atoms with Crippen molar-refractivity contribution in [2.45, 2.75) is 25.3 Å². The molecule has 0 unspecified atom stereocenters. The van der Waals surface area contributed by atoms with Crippen LogP contribution in [-0.4, -0.2) is 41.5 Å². The predicted molar refractivity (Wildman–Crippen MR) is 85.7 cm³/mol. The third-order valence-corrected chi connectivity index (χ3v) is 3.28. The number of nitrogens with one attached hydrogen (secondary N) is 1. The van der Waals surface area contributed by atoms with Gasteiger partial charge in [0.2, 0.25) is 5.91 Å². The van der Waals surface area contributed by atoms with Crippen LogP contribution in [0.2, 0.25) is 0 Å². The fourth-order valence-electron chi connectivity index (χ4n) is 2.26. The van der Waals surface area contributed by atoms with Gasteiger partial charge in [-0.1, -0.05) is 6.07 Å². The first-order chi connectivity index (χ1) is 9.31. The maximum Gasteiger partial charge on any atom is 0.237 e. The number of rotatable bonds is 5. The van der Waals surface area contributed by atoms with Gasteiger partial charge in [0.05, 0.1) is 12.6 Å². The summed E-state index contributed by atoms with van der Waals surface area (Å²) in [5.41, 5.74) is 1.01. The van der Waals surface area contributed by atoms with E-state index in [2.05, 4.69) is 16.4 Å². The highest BCUT2D eigenvalue weighted by Gasteiger charge is 2.27. The lowest BCUT2D eigenvalue weighted by molar-refractivity contribution is -0.130. The van der Waals surface area contributed by atoms with E-state index in [4.69, 9.17) is 5.26 Å². The maximum absolute atomic E-state index is 11.9. The number of carbonyl (C=O) groups is 1. The minimum Gasteiger partial charge on any atom is -0.326 e. The van der Waals surface area contributed by atoms with Crippen molar-refractivity contribution in [3.8, 4) is 6.07 Å². The fraction of sp³-hybridized carbons (Fsp3) is 0.500. The van der Waals surface area contributed by atoms with Crippen LogP contribution in [0.15, 0.2) is 24.4 Å². The molecule has 0 radical (unpaired) electrons. The van der Waals surface area contributed by atoms with Crippen LogP contribution >= 0.6 is 24.8 Å². The number of aromatic nitrogens is 1. The Morgan fingerprint density at radius 3 is 2.95 bits per heavy atom. The largest absolute Gasteiger partial charge is 0.326 e. The number of amides is 1. The average Bonchev–Trinajstić information content (AvgIpc) is 2.93. The molecule has 1 aliphatic heterocycles. The molecular formula is C14H20Cl2N4O. The number of pyridine rings is 1. The highest BCUT2D eigenvalue weighted by atomic mass is 35.5. The molecule has 0 spiro atoms. The van der Waals surface area contributed by atoms with Crippen LogP contribution in [0.25, 0.3) is 0 Å². The van der Waals surface area contributed by atoms with Gasteiger partial charge in [-0.3, -0.25) is 9.78 Å². The zero-order valence-corrected chi connectivity index (χ0v) is 13.3. The highest BCUT2D eigenvalue weighted by Crippen LogP contribution is 2.15. The predicted octanol–water partition coefficient (Wildman–Crippen LogP) is 1.57. The molecule has 1 aromatic heterocycles. The Balaban J connectivity index is 0.00000200. The summed E-state index contributed by atoms with van der Waals surface area (Å²) in [4.78, 5) is 17.8. The smallest absolute Gasteiger partial charge is 0.237 e. The number of nitrogens with zero attached hydrogens (tertiary/aromatic N) is 3. The number of hydrogen-bond donors (Lipinski definition) is 1. The van der Waals surface area contributed by atoms with Crippen molar-refractivity contribution in [2.24, 2.45) is 0 Å². The summed E-state index contributed by atoms with van der Waals surface area (Å²) < 4.78 is 0. The SMILES string of the molecule is Cl.Cl.N#C[C@@H]1CCCN1C(=O)CNCCc1ccccn1. The van der Waals surface area contributed by atoms with E-state index in [0.717, 1.165) is 25.0 Å². The lowest BCUT2D eigenvalue weighted by Gasteiger charge is -2.19. The molecule has 1 aromatic rings. The Morgan fingerprint density at radius 1 is 1.48 bits per heavy atom. The van der Waals surface area contributed by atoms with Gasteiger partial charge in [-0.2, -0.15) is 5.26 Å². The molecule has 0 aliphatic carbocycles. The molecule has 0 aromatic carbocycles. The Morgan fingerprint density at radius 2 is 2.29 bits per heavy atom. The quantitative estimate of drug-likeness (QED) is 0.832. The van der Waals surface area contributed by atoms with Gasteiger partial charge in [0.15, 0.2) is 0 Å². The standard InChI is InChI=1S/C14H18N4O.2ClH/c15-10-13-5-3-9-18(13)14(19)11-16-8-6-12-4-1-2-7-17-12;;/h1-2,4,7,13,16H,3,5-6,8-9,11H2;2*1H/t13-;;/m0../s1. The Labute approximate surface area is 137 Å². The van der Waals surface area contributed by atoms with E-state index in [0.29, 0.717) is 19.6 Å². The number of nitriles is 1. The Kier molecular flexibility index (Phi) is 9.72. The van der Waals surface area contributed by atoms with Gasteiger partial charge < -0.3 is 10.2 Å². The molecule has 1 aliphatic rings. The molecule has 7 heteroatoms. The third kappa shape index (κ3) is 5.88. The van der Waals surface area contributed by atoms with Gasteiger partial charge in [-0.15, -0.1) is 24.8 Å². The first-order valence-corrected chi connectivity index (χ1v) is 6.61. The zero-order chi connectivity index (χ0) is 13.5. The number of halogens is 2. The molecule has 1 saturated heterocycles. The van der Waals surface area contributed by atoms with Crippen LogP contribution in [-0.2, 0) is 11.2 Å². The number of likely N-dealkylation sites (tertiary alicyclic amines) is 1. The molecule has 1 fully saturated rings. The summed E-state index contributed by atoms with van der Waals surface area (Å²) >= 11 is 0. The average molecular weight is 331 g/mol. The van der Waals surface area contributed by atoms with Crippen LogP contribution in [0.5, 0.6) is 0 Å². The molecule has 1 amide bonds. The summed E-state index contributed by atoms with van der Waals surface area (Å²) in [6.07, 6.45) is 4.30. The van der Waals surface area contributed by atoms with Crippen molar-refractivity contribution in [1.82, 2.24) is 15.2 Å². The van der Waals surface area contributed by atoms with Crippen molar-refractivity contribution >= 4 is 30.7 Å². The first-order valence-electron chi connectivity index (χ1n) is 6.61.